The van der Waals surface area contributed by atoms with Crippen molar-refractivity contribution in [3.8, 4) is 0 Å². The van der Waals surface area contributed by atoms with Crippen molar-refractivity contribution in [3.05, 3.63) is 24.2 Å². The summed E-state index contributed by atoms with van der Waals surface area (Å²) in [7, 11) is 0. The summed E-state index contributed by atoms with van der Waals surface area (Å²) in [5.41, 5.74) is 5.95. The van der Waals surface area contributed by atoms with Crippen LogP contribution in [0.4, 0.5) is 0 Å². The fourth-order valence-corrected chi connectivity index (χ4v) is 2.65. The molecule has 0 spiro atoms. The van der Waals surface area contributed by atoms with Gasteiger partial charge < -0.3 is 15.5 Å². The van der Waals surface area contributed by atoms with Crippen LogP contribution in [0.3, 0.4) is 0 Å². The van der Waals surface area contributed by atoms with Crippen molar-refractivity contribution in [1.29, 1.82) is 0 Å². The minimum atomic E-state index is 0. The average molecular weight is 420 g/mol. The first-order chi connectivity index (χ1) is 10.2. The molecule has 2 heterocycles. The van der Waals surface area contributed by atoms with E-state index in [2.05, 4.69) is 29.1 Å². The molecule has 1 aromatic rings. The fourth-order valence-electron chi connectivity index (χ4n) is 2.65. The van der Waals surface area contributed by atoms with Crippen LogP contribution in [0.15, 0.2) is 27.8 Å². The van der Waals surface area contributed by atoms with Gasteiger partial charge in [0.1, 0.15) is 5.76 Å². The molecule has 1 fully saturated rings. The molecule has 1 aliphatic rings. The molecule has 1 unspecified atom stereocenters. The van der Waals surface area contributed by atoms with E-state index < -0.39 is 0 Å². The minimum Gasteiger partial charge on any atom is -0.468 e. The van der Waals surface area contributed by atoms with Crippen LogP contribution in [-0.2, 0) is 0 Å². The highest BCUT2D eigenvalue weighted by Gasteiger charge is 2.25. The number of halogens is 1. The van der Waals surface area contributed by atoms with Crippen LogP contribution in [0.2, 0.25) is 0 Å². The van der Waals surface area contributed by atoms with Gasteiger partial charge in [-0.05, 0) is 50.4 Å². The van der Waals surface area contributed by atoms with Crippen molar-refractivity contribution >= 4 is 29.9 Å². The van der Waals surface area contributed by atoms with Gasteiger partial charge >= 0.3 is 0 Å². The van der Waals surface area contributed by atoms with E-state index in [1.165, 1.54) is 12.8 Å². The zero-order valence-electron chi connectivity index (χ0n) is 13.6. The van der Waals surface area contributed by atoms with E-state index in [-0.39, 0.29) is 30.0 Å². The molecule has 0 amide bonds. The minimum absolute atomic E-state index is 0. The SMILES string of the molecule is CC(C)CCNC(N)=NCC(c1ccco1)N1CCCC1.I. The van der Waals surface area contributed by atoms with Gasteiger partial charge in [0.05, 0.1) is 18.8 Å². The number of furan rings is 1. The van der Waals surface area contributed by atoms with Gasteiger partial charge in [-0.15, -0.1) is 24.0 Å². The second kappa shape index (κ2) is 10.1. The number of guanidine groups is 1. The predicted octanol–water partition coefficient (Wildman–Crippen LogP) is 2.98. The lowest BCUT2D eigenvalue weighted by Gasteiger charge is -2.24. The number of hydrogen-bond donors (Lipinski definition) is 2. The second-order valence-electron chi connectivity index (χ2n) is 6.11. The van der Waals surface area contributed by atoms with Crippen molar-refractivity contribution in [2.45, 2.75) is 39.2 Å². The average Bonchev–Trinajstić information content (AvgIpc) is 3.11. The topological polar surface area (TPSA) is 66.8 Å². The van der Waals surface area contributed by atoms with Crippen LogP contribution in [0.1, 0.15) is 44.9 Å². The summed E-state index contributed by atoms with van der Waals surface area (Å²) in [6.45, 7) is 8.16. The number of nitrogens with one attached hydrogen (secondary N) is 1. The van der Waals surface area contributed by atoms with Crippen molar-refractivity contribution in [2.75, 3.05) is 26.2 Å². The van der Waals surface area contributed by atoms with E-state index in [0.29, 0.717) is 18.4 Å². The number of nitrogens with zero attached hydrogens (tertiary/aromatic N) is 2. The summed E-state index contributed by atoms with van der Waals surface area (Å²) in [5, 5.41) is 3.18. The van der Waals surface area contributed by atoms with E-state index in [9.17, 15) is 0 Å². The monoisotopic (exact) mass is 420 g/mol. The number of rotatable bonds is 7. The summed E-state index contributed by atoms with van der Waals surface area (Å²) in [6, 6.07) is 4.17. The van der Waals surface area contributed by atoms with E-state index >= 15 is 0 Å². The third-order valence-corrected chi connectivity index (χ3v) is 3.92. The Labute approximate surface area is 150 Å². The van der Waals surface area contributed by atoms with Crippen molar-refractivity contribution in [2.24, 2.45) is 16.6 Å². The molecule has 22 heavy (non-hydrogen) atoms. The molecule has 1 saturated heterocycles. The molecule has 5 nitrogen and oxygen atoms in total. The molecule has 1 atom stereocenters. The molecule has 1 aliphatic heterocycles. The normalized spacial score (nSPS) is 17.5. The van der Waals surface area contributed by atoms with Gasteiger partial charge in [0.2, 0.25) is 0 Å². The summed E-state index contributed by atoms with van der Waals surface area (Å²) in [5.74, 6) is 2.19. The Hall–Kier alpha value is -0.760. The van der Waals surface area contributed by atoms with E-state index in [1.807, 2.05) is 12.1 Å². The Morgan fingerprint density at radius 1 is 1.41 bits per heavy atom. The van der Waals surface area contributed by atoms with Gasteiger partial charge in [0, 0.05) is 6.54 Å². The first-order valence-corrected chi connectivity index (χ1v) is 7.98. The van der Waals surface area contributed by atoms with Gasteiger partial charge in [0.25, 0.3) is 0 Å². The third-order valence-electron chi connectivity index (χ3n) is 3.92. The van der Waals surface area contributed by atoms with E-state index in [0.717, 1.165) is 31.8 Å². The summed E-state index contributed by atoms with van der Waals surface area (Å²) in [6.07, 6.45) is 5.34. The molecular formula is C16H29IN4O. The zero-order chi connectivity index (χ0) is 15.1. The summed E-state index contributed by atoms with van der Waals surface area (Å²) < 4.78 is 5.58. The van der Waals surface area contributed by atoms with Gasteiger partial charge in [-0.2, -0.15) is 0 Å². The number of likely N-dealkylation sites (tertiary alicyclic amines) is 1. The van der Waals surface area contributed by atoms with Gasteiger partial charge in [-0.3, -0.25) is 9.89 Å². The Morgan fingerprint density at radius 3 is 2.73 bits per heavy atom. The van der Waals surface area contributed by atoms with Crippen LogP contribution in [-0.4, -0.2) is 37.0 Å². The number of hydrogen-bond acceptors (Lipinski definition) is 3. The molecule has 0 radical (unpaired) electrons. The smallest absolute Gasteiger partial charge is 0.188 e. The predicted molar refractivity (Wildman–Crippen MR) is 102 cm³/mol. The zero-order valence-corrected chi connectivity index (χ0v) is 16.0. The molecule has 2 rings (SSSR count). The van der Waals surface area contributed by atoms with Crippen LogP contribution in [0.5, 0.6) is 0 Å². The standard InChI is InChI=1S/C16H28N4O.HI/c1-13(2)7-8-18-16(17)19-12-14(15-6-5-11-21-15)20-9-3-4-10-20;/h5-6,11,13-14H,3-4,7-10,12H2,1-2H3,(H3,17,18,19);1H. The maximum Gasteiger partial charge on any atom is 0.188 e. The second-order valence-corrected chi connectivity index (χ2v) is 6.11. The molecule has 6 heteroatoms. The highest BCUT2D eigenvalue weighted by atomic mass is 127. The van der Waals surface area contributed by atoms with Crippen molar-refractivity contribution in [1.82, 2.24) is 10.2 Å². The third kappa shape index (κ3) is 6.16. The largest absolute Gasteiger partial charge is 0.468 e. The summed E-state index contributed by atoms with van der Waals surface area (Å²) >= 11 is 0. The van der Waals surface area contributed by atoms with Crippen LogP contribution >= 0.6 is 24.0 Å². The maximum atomic E-state index is 5.95. The van der Waals surface area contributed by atoms with Crippen molar-refractivity contribution in [3.63, 3.8) is 0 Å². The summed E-state index contributed by atoms with van der Waals surface area (Å²) in [4.78, 5) is 6.94. The number of nitrogens with two attached hydrogens (primary N) is 1. The van der Waals surface area contributed by atoms with Gasteiger partial charge in [-0.25, -0.2) is 0 Å². The quantitative estimate of drug-likeness (QED) is 0.405. The molecule has 0 aliphatic carbocycles. The highest BCUT2D eigenvalue weighted by molar-refractivity contribution is 14.0. The Bertz CT molecular complexity index is 427. The Morgan fingerprint density at radius 2 is 2.14 bits per heavy atom. The van der Waals surface area contributed by atoms with Crippen LogP contribution in [0.25, 0.3) is 0 Å². The molecular weight excluding hydrogens is 391 g/mol. The highest BCUT2D eigenvalue weighted by Crippen LogP contribution is 2.25. The van der Waals surface area contributed by atoms with Gasteiger partial charge in [0.15, 0.2) is 5.96 Å². The van der Waals surface area contributed by atoms with Gasteiger partial charge in [-0.1, -0.05) is 13.8 Å². The first-order valence-electron chi connectivity index (χ1n) is 7.98. The number of aliphatic imine (C=N–C) groups is 1. The molecule has 0 aromatic carbocycles. The lowest BCUT2D eigenvalue weighted by molar-refractivity contribution is 0.221. The molecule has 126 valence electrons. The lowest BCUT2D eigenvalue weighted by Crippen LogP contribution is -2.34. The van der Waals surface area contributed by atoms with Crippen LogP contribution in [0, 0.1) is 5.92 Å². The van der Waals surface area contributed by atoms with Crippen molar-refractivity contribution < 1.29 is 4.42 Å². The lowest BCUT2D eigenvalue weighted by atomic mass is 10.1. The Balaban J connectivity index is 0.00000242. The van der Waals surface area contributed by atoms with Crippen LogP contribution < -0.4 is 11.1 Å². The molecule has 0 saturated carbocycles. The molecule has 0 bridgehead atoms. The van der Waals surface area contributed by atoms with E-state index in [1.54, 1.807) is 6.26 Å². The molecule has 1 aromatic heterocycles. The maximum absolute atomic E-state index is 5.95. The Kier molecular flexibility index (Phi) is 8.85. The first kappa shape index (κ1) is 19.3. The molecule has 3 N–H and O–H groups in total. The fraction of sp³-hybridized carbons (Fsp3) is 0.688. The van der Waals surface area contributed by atoms with E-state index in [4.69, 9.17) is 10.2 Å².